The van der Waals surface area contributed by atoms with Crippen LogP contribution in [0.25, 0.3) is 0 Å². The molecule has 0 aliphatic carbocycles. The highest BCUT2D eigenvalue weighted by Crippen LogP contribution is 2.13. The number of rotatable bonds is 9. The Morgan fingerprint density at radius 1 is 0.970 bits per heavy atom. The molecule has 0 aromatic heterocycles. The van der Waals surface area contributed by atoms with E-state index in [9.17, 15) is 18.8 Å². The third-order valence-corrected chi connectivity index (χ3v) is 4.71. The highest BCUT2D eigenvalue weighted by Gasteiger charge is 2.33. The molecule has 0 unspecified atom stereocenters. The quantitative estimate of drug-likeness (QED) is 0.580. The van der Waals surface area contributed by atoms with E-state index in [1.807, 2.05) is 60.7 Å². The van der Waals surface area contributed by atoms with Gasteiger partial charge in [-0.2, -0.15) is 0 Å². The van der Waals surface area contributed by atoms with Crippen LogP contribution < -0.4 is 5.32 Å². The van der Waals surface area contributed by atoms with Gasteiger partial charge >= 0.3 is 12.1 Å². The van der Waals surface area contributed by atoms with Crippen molar-refractivity contribution < 1.29 is 28.2 Å². The SMILES string of the molecule is CN(C(=O)OC(C)(C)C)[C@@H](CF)C(=O)N[C@H](Cc1ccccc1)C(=O)OCc1ccccc1. The van der Waals surface area contributed by atoms with Crippen molar-refractivity contribution in [3.05, 3.63) is 71.8 Å². The molecule has 2 amide bonds. The molecule has 0 aliphatic rings. The van der Waals surface area contributed by atoms with Crippen LogP contribution >= 0.6 is 0 Å². The molecular formula is C25H31FN2O5. The summed E-state index contributed by atoms with van der Waals surface area (Å²) in [7, 11) is 1.28. The second-order valence-corrected chi connectivity index (χ2v) is 8.61. The van der Waals surface area contributed by atoms with Gasteiger partial charge in [0.2, 0.25) is 5.91 Å². The summed E-state index contributed by atoms with van der Waals surface area (Å²) >= 11 is 0. The van der Waals surface area contributed by atoms with Crippen LogP contribution in [0.2, 0.25) is 0 Å². The Balaban J connectivity index is 2.13. The molecule has 178 valence electrons. The predicted molar refractivity (Wildman–Crippen MR) is 122 cm³/mol. The maximum Gasteiger partial charge on any atom is 0.410 e. The van der Waals surface area contributed by atoms with E-state index in [1.165, 1.54) is 7.05 Å². The molecule has 0 saturated carbocycles. The van der Waals surface area contributed by atoms with Crippen molar-refractivity contribution in [1.29, 1.82) is 0 Å². The van der Waals surface area contributed by atoms with Crippen molar-refractivity contribution >= 4 is 18.0 Å². The Morgan fingerprint density at radius 2 is 1.52 bits per heavy atom. The monoisotopic (exact) mass is 458 g/mol. The summed E-state index contributed by atoms with van der Waals surface area (Å²) in [5, 5.41) is 2.55. The van der Waals surface area contributed by atoms with Crippen LogP contribution in [-0.2, 0) is 32.1 Å². The first-order chi connectivity index (χ1) is 15.6. The number of benzene rings is 2. The summed E-state index contributed by atoms with van der Waals surface area (Å²) in [6.45, 7) is 3.90. The molecule has 7 nitrogen and oxygen atoms in total. The summed E-state index contributed by atoms with van der Waals surface area (Å²) in [5.74, 6) is -1.47. The van der Waals surface area contributed by atoms with Crippen molar-refractivity contribution in [3.63, 3.8) is 0 Å². The predicted octanol–water partition coefficient (Wildman–Crippen LogP) is 3.66. The van der Waals surface area contributed by atoms with E-state index in [4.69, 9.17) is 9.47 Å². The normalized spacial score (nSPS) is 12.9. The molecule has 1 N–H and O–H groups in total. The van der Waals surface area contributed by atoms with E-state index in [0.29, 0.717) is 0 Å². The van der Waals surface area contributed by atoms with Crippen LogP contribution in [0.3, 0.4) is 0 Å². The second-order valence-electron chi connectivity index (χ2n) is 8.61. The van der Waals surface area contributed by atoms with Crippen molar-refractivity contribution in [3.8, 4) is 0 Å². The number of halogens is 1. The molecule has 0 heterocycles. The van der Waals surface area contributed by atoms with Gasteiger partial charge in [0, 0.05) is 13.5 Å². The van der Waals surface area contributed by atoms with Gasteiger partial charge in [-0.3, -0.25) is 9.69 Å². The standard InChI is InChI=1S/C25H31FN2O5/c1-25(2,3)33-24(31)28(4)21(16-26)22(29)27-20(15-18-11-7-5-8-12-18)23(30)32-17-19-13-9-6-10-14-19/h5-14,20-21H,15-17H2,1-4H3,(H,27,29)/t20-,21+/m1/s1. The number of carbonyl (C=O) groups is 3. The van der Waals surface area contributed by atoms with Crippen molar-refractivity contribution in [2.45, 2.75) is 51.5 Å². The molecular weight excluding hydrogens is 427 g/mol. The third kappa shape index (κ3) is 8.56. The van der Waals surface area contributed by atoms with Crippen LogP contribution in [0.15, 0.2) is 60.7 Å². The van der Waals surface area contributed by atoms with E-state index in [1.54, 1.807) is 20.8 Å². The number of hydrogen-bond donors (Lipinski definition) is 1. The molecule has 0 aliphatic heterocycles. The zero-order valence-corrected chi connectivity index (χ0v) is 19.4. The first-order valence-electron chi connectivity index (χ1n) is 10.7. The lowest BCUT2D eigenvalue weighted by atomic mass is 10.1. The Labute approximate surface area is 193 Å². The largest absolute Gasteiger partial charge is 0.459 e. The lowest BCUT2D eigenvalue weighted by molar-refractivity contribution is -0.149. The Morgan fingerprint density at radius 3 is 2.03 bits per heavy atom. The fourth-order valence-corrected chi connectivity index (χ4v) is 2.95. The van der Waals surface area contributed by atoms with E-state index in [2.05, 4.69) is 5.32 Å². The number of alkyl halides is 1. The molecule has 2 rings (SSSR count). The molecule has 2 aromatic rings. The molecule has 0 saturated heterocycles. The summed E-state index contributed by atoms with van der Waals surface area (Å²) in [6, 6.07) is 15.7. The summed E-state index contributed by atoms with van der Waals surface area (Å²) < 4.78 is 24.4. The fourth-order valence-electron chi connectivity index (χ4n) is 2.95. The van der Waals surface area contributed by atoms with Gasteiger partial charge in [-0.25, -0.2) is 14.0 Å². The first-order valence-corrected chi connectivity index (χ1v) is 10.7. The Hall–Kier alpha value is -3.42. The van der Waals surface area contributed by atoms with E-state index >= 15 is 0 Å². The molecule has 0 bridgehead atoms. The smallest absolute Gasteiger partial charge is 0.410 e. The number of carbonyl (C=O) groups excluding carboxylic acids is 3. The van der Waals surface area contributed by atoms with E-state index in [-0.39, 0.29) is 13.0 Å². The molecule has 8 heteroatoms. The maximum absolute atomic E-state index is 13.8. The van der Waals surface area contributed by atoms with Gasteiger partial charge in [0.15, 0.2) is 0 Å². The van der Waals surface area contributed by atoms with Crippen molar-refractivity contribution in [2.24, 2.45) is 0 Å². The number of esters is 1. The van der Waals surface area contributed by atoms with Gasteiger partial charge in [0.25, 0.3) is 0 Å². The zero-order valence-electron chi connectivity index (χ0n) is 19.4. The fraction of sp³-hybridized carbons (Fsp3) is 0.400. The van der Waals surface area contributed by atoms with Crippen LogP contribution in [0.5, 0.6) is 0 Å². The maximum atomic E-state index is 13.8. The van der Waals surface area contributed by atoms with Crippen LogP contribution in [0, 0.1) is 0 Å². The summed E-state index contributed by atoms with van der Waals surface area (Å²) in [4.78, 5) is 38.9. The molecule has 2 aromatic carbocycles. The lowest BCUT2D eigenvalue weighted by Crippen LogP contribution is -2.54. The number of likely N-dealkylation sites (N-methyl/N-ethyl adjacent to an activating group) is 1. The summed E-state index contributed by atoms with van der Waals surface area (Å²) in [6.07, 6.45) is -0.693. The number of nitrogens with one attached hydrogen (secondary N) is 1. The van der Waals surface area contributed by atoms with Crippen LogP contribution in [0.1, 0.15) is 31.9 Å². The van der Waals surface area contributed by atoms with Crippen molar-refractivity contribution in [1.82, 2.24) is 10.2 Å². The molecule has 33 heavy (non-hydrogen) atoms. The number of nitrogens with zero attached hydrogens (tertiary/aromatic N) is 1. The third-order valence-electron chi connectivity index (χ3n) is 4.71. The average Bonchev–Trinajstić information content (AvgIpc) is 2.77. The Kier molecular flexibility index (Phi) is 9.39. The topological polar surface area (TPSA) is 84.9 Å². The van der Waals surface area contributed by atoms with E-state index in [0.717, 1.165) is 16.0 Å². The zero-order chi connectivity index (χ0) is 24.4. The van der Waals surface area contributed by atoms with Crippen molar-refractivity contribution in [2.75, 3.05) is 13.7 Å². The summed E-state index contributed by atoms with van der Waals surface area (Å²) in [5.41, 5.74) is 0.776. The van der Waals surface area contributed by atoms with Crippen LogP contribution in [-0.4, -0.2) is 54.3 Å². The first kappa shape index (κ1) is 25.8. The highest BCUT2D eigenvalue weighted by atomic mass is 19.1. The number of hydrogen-bond acceptors (Lipinski definition) is 5. The molecule has 2 atom stereocenters. The van der Waals surface area contributed by atoms with Crippen LogP contribution in [0.4, 0.5) is 9.18 Å². The lowest BCUT2D eigenvalue weighted by Gasteiger charge is -2.29. The van der Waals surface area contributed by atoms with Gasteiger partial charge < -0.3 is 14.8 Å². The van der Waals surface area contributed by atoms with Gasteiger partial charge in [0.05, 0.1) is 0 Å². The second kappa shape index (κ2) is 12.0. The average molecular weight is 459 g/mol. The van der Waals surface area contributed by atoms with Gasteiger partial charge in [-0.1, -0.05) is 60.7 Å². The minimum absolute atomic E-state index is 0.0329. The number of ether oxygens (including phenoxy) is 2. The molecule has 0 fully saturated rings. The molecule has 0 radical (unpaired) electrons. The van der Waals surface area contributed by atoms with Gasteiger partial charge in [-0.15, -0.1) is 0 Å². The Bertz CT molecular complexity index is 915. The van der Waals surface area contributed by atoms with Gasteiger partial charge in [0.1, 0.15) is 31.0 Å². The minimum atomic E-state index is -1.46. The number of amides is 2. The van der Waals surface area contributed by atoms with Gasteiger partial charge in [-0.05, 0) is 31.9 Å². The minimum Gasteiger partial charge on any atom is -0.459 e. The molecule has 0 spiro atoms. The van der Waals surface area contributed by atoms with E-state index < -0.39 is 42.3 Å². The highest BCUT2D eigenvalue weighted by molar-refractivity contribution is 5.90.